The van der Waals surface area contributed by atoms with Crippen LogP contribution in [-0.2, 0) is 11.0 Å². The molecule has 8 nitrogen and oxygen atoms in total. The van der Waals surface area contributed by atoms with Gasteiger partial charge in [0.1, 0.15) is 0 Å². The Hall–Kier alpha value is -3.44. The average molecular weight is 560 g/mol. The Kier molecular flexibility index (Phi) is 9.15. The molecule has 2 N–H and O–H groups in total. The molecule has 0 spiro atoms. The van der Waals surface area contributed by atoms with Crippen molar-refractivity contribution in [2.24, 2.45) is 0 Å². The molecule has 0 aliphatic carbocycles. The van der Waals surface area contributed by atoms with Crippen LogP contribution in [0.1, 0.15) is 53.0 Å². The van der Waals surface area contributed by atoms with Crippen molar-refractivity contribution in [2.45, 2.75) is 44.6 Å². The fourth-order valence-corrected chi connectivity index (χ4v) is 5.49. The van der Waals surface area contributed by atoms with Gasteiger partial charge in [0, 0.05) is 55.9 Å². The third kappa shape index (κ3) is 7.39. The van der Waals surface area contributed by atoms with E-state index in [1.807, 2.05) is 35.2 Å². The predicted molar refractivity (Wildman–Crippen MR) is 145 cm³/mol. The molecule has 2 aliphatic heterocycles. The molecule has 216 valence electrons. The molecule has 0 saturated carbocycles. The number of benzene rings is 2. The largest absolute Gasteiger partial charge is 0.416 e. The number of alkyl halides is 3. The van der Waals surface area contributed by atoms with Crippen LogP contribution in [-0.4, -0.2) is 89.9 Å². The molecule has 1 unspecified atom stereocenters. The monoisotopic (exact) mass is 559 g/mol. The highest BCUT2D eigenvalue weighted by Crippen LogP contribution is 2.30. The molecule has 2 saturated heterocycles. The maximum Gasteiger partial charge on any atom is 0.416 e. The number of carbonyl (C=O) groups is 3. The minimum atomic E-state index is -4.56. The summed E-state index contributed by atoms with van der Waals surface area (Å²) in [5.74, 6) is -1.10. The van der Waals surface area contributed by atoms with Gasteiger partial charge >= 0.3 is 6.18 Å². The Bertz CT molecular complexity index is 1200. The number of carbonyl (C=O) groups excluding carboxylic acids is 3. The summed E-state index contributed by atoms with van der Waals surface area (Å²) in [5.41, 5.74) is -0.645. The lowest BCUT2D eigenvalue weighted by atomic mass is 10.0. The molecule has 2 aromatic carbocycles. The van der Waals surface area contributed by atoms with Crippen molar-refractivity contribution in [3.8, 4) is 0 Å². The lowest BCUT2D eigenvalue weighted by Crippen LogP contribution is -2.60. The third-order valence-electron chi connectivity index (χ3n) is 7.51. The van der Waals surface area contributed by atoms with Crippen LogP contribution in [0, 0.1) is 0 Å². The summed E-state index contributed by atoms with van der Waals surface area (Å²) in [6.45, 7) is 8.31. The van der Waals surface area contributed by atoms with Crippen LogP contribution in [0.5, 0.6) is 0 Å². The zero-order valence-corrected chi connectivity index (χ0v) is 22.8. The summed E-state index contributed by atoms with van der Waals surface area (Å²) in [6, 6.07) is 13.4. The van der Waals surface area contributed by atoms with Gasteiger partial charge in [0.15, 0.2) is 0 Å². The van der Waals surface area contributed by atoms with Gasteiger partial charge in [-0.3, -0.25) is 24.2 Å². The van der Waals surface area contributed by atoms with E-state index in [1.54, 1.807) is 0 Å². The molecule has 2 fully saturated rings. The van der Waals surface area contributed by atoms with Crippen LogP contribution in [0.15, 0.2) is 54.6 Å². The van der Waals surface area contributed by atoms with Gasteiger partial charge in [-0.25, -0.2) is 0 Å². The number of nitrogens with zero attached hydrogens (tertiary/aromatic N) is 3. The Morgan fingerprint density at radius 1 is 0.900 bits per heavy atom. The standard InChI is InChI=1S/C29H36F3N5O3/c1-28(2,20-35-14-16-36(17-15-35)27(40)21-8-4-3-5-9-21)37-13-7-12-24(37)34-25(38)19-33-26(39)22-10-6-11-23(18-22)29(30,31)32/h3-6,8-11,18,24H,7,12-17,19-20H2,1-2H3,(H,33,39)(H,34,38). The smallest absolute Gasteiger partial charge is 0.343 e. The first-order chi connectivity index (χ1) is 18.9. The number of likely N-dealkylation sites (tertiary alicyclic amines) is 1. The summed E-state index contributed by atoms with van der Waals surface area (Å²) in [7, 11) is 0. The second-order valence-corrected chi connectivity index (χ2v) is 10.9. The second-order valence-electron chi connectivity index (χ2n) is 10.9. The van der Waals surface area contributed by atoms with E-state index in [1.165, 1.54) is 6.07 Å². The molecule has 4 rings (SSSR count). The number of piperazine rings is 1. The lowest BCUT2D eigenvalue weighted by molar-refractivity contribution is -0.137. The van der Waals surface area contributed by atoms with Crippen molar-refractivity contribution >= 4 is 17.7 Å². The number of halogens is 3. The van der Waals surface area contributed by atoms with Crippen molar-refractivity contribution in [3.05, 3.63) is 71.3 Å². The Balaban J connectivity index is 1.25. The minimum Gasteiger partial charge on any atom is -0.343 e. The van der Waals surface area contributed by atoms with Crippen molar-refractivity contribution in [1.82, 2.24) is 25.3 Å². The summed E-state index contributed by atoms with van der Waals surface area (Å²) < 4.78 is 38.8. The number of rotatable bonds is 8. The molecule has 0 bridgehead atoms. The summed E-state index contributed by atoms with van der Waals surface area (Å²) in [5, 5.41) is 5.39. The highest BCUT2D eigenvalue weighted by molar-refractivity contribution is 5.96. The van der Waals surface area contributed by atoms with Crippen molar-refractivity contribution in [3.63, 3.8) is 0 Å². The van der Waals surface area contributed by atoms with E-state index in [2.05, 4.69) is 34.3 Å². The van der Waals surface area contributed by atoms with Gasteiger partial charge in [-0.15, -0.1) is 0 Å². The van der Waals surface area contributed by atoms with Gasteiger partial charge in [0.25, 0.3) is 11.8 Å². The number of hydrogen-bond donors (Lipinski definition) is 2. The van der Waals surface area contributed by atoms with Gasteiger partial charge in [-0.1, -0.05) is 24.3 Å². The molecular weight excluding hydrogens is 523 g/mol. The maximum absolute atomic E-state index is 12.9. The van der Waals surface area contributed by atoms with E-state index in [0.717, 1.165) is 57.2 Å². The normalized spacial score (nSPS) is 18.9. The molecule has 1 atom stereocenters. The summed E-state index contributed by atoms with van der Waals surface area (Å²) in [6.07, 6.45) is -3.10. The van der Waals surface area contributed by atoms with E-state index in [9.17, 15) is 27.6 Å². The molecule has 11 heteroatoms. The van der Waals surface area contributed by atoms with Crippen molar-refractivity contribution in [1.29, 1.82) is 0 Å². The highest BCUT2D eigenvalue weighted by atomic mass is 19.4. The fourth-order valence-electron chi connectivity index (χ4n) is 5.49. The first kappa shape index (κ1) is 29.5. The van der Waals surface area contributed by atoms with E-state index < -0.39 is 23.6 Å². The van der Waals surface area contributed by atoms with Crippen LogP contribution in [0.2, 0.25) is 0 Å². The maximum atomic E-state index is 12.9. The third-order valence-corrected chi connectivity index (χ3v) is 7.51. The van der Waals surface area contributed by atoms with Crippen LogP contribution in [0.4, 0.5) is 13.2 Å². The summed E-state index contributed by atoms with van der Waals surface area (Å²) in [4.78, 5) is 44.2. The van der Waals surface area contributed by atoms with Gasteiger partial charge in [0.05, 0.1) is 18.3 Å². The van der Waals surface area contributed by atoms with Crippen LogP contribution in [0.25, 0.3) is 0 Å². The van der Waals surface area contributed by atoms with Gasteiger partial charge in [-0.05, 0) is 57.0 Å². The number of amides is 3. The lowest BCUT2D eigenvalue weighted by Gasteiger charge is -2.45. The number of hydrogen-bond acceptors (Lipinski definition) is 5. The zero-order chi connectivity index (χ0) is 28.9. The summed E-state index contributed by atoms with van der Waals surface area (Å²) >= 11 is 0. The predicted octanol–water partition coefficient (Wildman–Crippen LogP) is 3.21. The minimum absolute atomic E-state index is 0.0435. The first-order valence-corrected chi connectivity index (χ1v) is 13.5. The van der Waals surface area contributed by atoms with Crippen LogP contribution in [0.3, 0.4) is 0 Å². The van der Waals surface area contributed by atoms with E-state index in [0.29, 0.717) is 18.7 Å². The molecule has 40 heavy (non-hydrogen) atoms. The molecular formula is C29H36F3N5O3. The molecule has 2 heterocycles. The zero-order valence-electron chi connectivity index (χ0n) is 22.8. The van der Waals surface area contributed by atoms with Crippen molar-refractivity contribution < 1.29 is 27.6 Å². The SMILES string of the molecule is CC(C)(CN1CCN(C(=O)c2ccccc2)CC1)N1CCCC1NC(=O)CNC(=O)c1cccc(C(F)(F)F)c1. The van der Waals surface area contributed by atoms with E-state index >= 15 is 0 Å². The molecule has 0 radical (unpaired) electrons. The Morgan fingerprint density at radius 2 is 1.57 bits per heavy atom. The van der Waals surface area contributed by atoms with Crippen LogP contribution >= 0.6 is 0 Å². The second kappa shape index (κ2) is 12.4. The molecule has 0 aromatic heterocycles. The quantitative estimate of drug-likeness (QED) is 0.519. The van der Waals surface area contributed by atoms with Crippen LogP contribution < -0.4 is 10.6 Å². The van der Waals surface area contributed by atoms with E-state index in [4.69, 9.17) is 0 Å². The average Bonchev–Trinajstić information content (AvgIpc) is 3.41. The number of nitrogens with one attached hydrogen (secondary N) is 2. The first-order valence-electron chi connectivity index (χ1n) is 13.5. The van der Waals surface area contributed by atoms with Gasteiger partial charge < -0.3 is 15.5 Å². The molecule has 3 amide bonds. The van der Waals surface area contributed by atoms with Gasteiger partial charge in [-0.2, -0.15) is 13.2 Å². The van der Waals surface area contributed by atoms with E-state index in [-0.39, 0.29) is 29.7 Å². The highest BCUT2D eigenvalue weighted by Gasteiger charge is 2.38. The Morgan fingerprint density at radius 3 is 2.25 bits per heavy atom. The van der Waals surface area contributed by atoms with Gasteiger partial charge in [0.2, 0.25) is 5.91 Å². The topological polar surface area (TPSA) is 85.0 Å². The van der Waals surface area contributed by atoms with Crippen molar-refractivity contribution in [2.75, 3.05) is 45.8 Å². The molecule has 2 aromatic rings. The molecule has 2 aliphatic rings. The Labute approximate surface area is 232 Å². The fraction of sp³-hybridized carbons (Fsp3) is 0.483.